The van der Waals surface area contributed by atoms with Gasteiger partial charge in [-0.15, -0.1) is 0 Å². The number of halogens is 3. The summed E-state index contributed by atoms with van der Waals surface area (Å²) < 4.78 is 42.9. The molecule has 0 saturated heterocycles. The summed E-state index contributed by atoms with van der Waals surface area (Å²) in [6, 6.07) is 1.50. The largest absolute Gasteiger partial charge is 0.489 e. The van der Waals surface area contributed by atoms with E-state index in [9.17, 15) is 23.3 Å². The van der Waals surface area contributed by atoms with Crippen LogP contribution in [0.15, 0.2) is 12.1 Å². The van der Waals surface area contributed by atoms with Crippen LogP contribution in [0, 0.1) is 10.1 Å². The molecule has 1 aromatic carbocycles. The van der Waals surface area contributed by atoms with E-state index in [1.165, 1.54) is 0 Å². The number of nitro groups is 1. The number of anilines is 1. The fraction of sp³-hybridized carbons (Fsp3) is 0.333. The van der Waals surface area contributed by atoms with Crippen LogP contribution in [-0.4, -0.2) is 18.1 Å². The molecule has 0 aromatic heterocycles. The van der Waals surface area contributed by atoms with Gasteiger partial charge in [-0.25, -0.2) is 0 Å². The van der Waals surface area contributed by atoms with Crippen molar-refractivity contribution in [2.45, 2.75) is 6.18 Å². The van der Waals surface area contributed by atoms with E-state index in [4.69, 9.17) is 4.74 Å². The van der Waals surface area contributed by atoms with Gasteiger partial charge in [0, 0.05) is 6.54 Å². The molecule has 1 N–H and O–H groups in total. The van der Waals surface area contributed by atoms with Crippen molar-refractivity contribution in [1.82, 2.24) is 0 Å². The molecular formula is C9H7F3N2O3. The highest BCUT2D eigenvalue weighted by atomic mass is 19.4. The zero-order valence-corrected chi connectivity index (χ0v) is 8.37. The highest BCUT2D eigenvalue weighted by Crippen LogP contribution is 2.42. The number of hydrogen-bond donors (Lipinski definition) is 1. The van der Waals surface area contributed by atoms with Crippen molar-refractivity contribution in [2.75, 3.05) is 18.5 Å². The first kappa shape index (κ1) is 11.5. The smallest absolute Gasteiger partial charge is 0.423 e. The summed E-state index contributed by atoms with van der Waals surface area (Å²) in [5.74, 6) is 0.0657. The quantitative estimate of drug-likeness (QED) is 0.612. The first-order valence-electron chi connectivity index (χ1n) is 4.66. The van der Waals surface area contributed by atoms with E-state index in [2.05, 4.69) is 5.32 Å². The highest BCUT2D eigenvalue weighted by molar-refractivity contribution is 5.65. The lowest BCUT2D eigenvalue weighted by molar-refractivity contribution is -0.388. The van der Waals surface area contributed by atoms with Gasteiger partial charge < -0.3 is 10.1 Å². The predicted octanol–water partition coefficient (Wildman–Crippen LogP) is 2.42. The van der Waals surface area contributed by atoms with Gasteiger partial charge >= 0.3 is 6.18 Å². The molecule has 0 atom stereocenters. The third kappa shape index (κ3) is 2.10. The Morgan fingerprint density at radius 3 is 2.71 bits per heavy atom. The van der Waals surface area contributed by atoms with Gasteiger partial charge in [0.25, 0.3) is 5.69 Å². The van der Waals surface area contributed by atoms with E-state index in [1.807, 2.05) is 0 Å². The third-order valence-corrected chi connectivity index (χ3v) is 2.28. The molecule has 0 bridgehead atoms. The zero-order chi connectivity index (χ0) is 12.6. The second-order valence-electron chi connectivity index (χ2n) is 3.40. The molecule has 5 nitrogen and oxygen atoms in total. The Hall–Kier alpha value is -1.99. The Morgan fingerprint density at radius 2 is 2.12 bits per heavy atom. The molecular weight excluding hydrogens is 241 g/mol. The lowest BCUT2D eigenvalue weighted by Gasteiger charge is -2.20. The van der Waals surface area contributed by atoms with Crippen molar-refractivity contribution in [3.63, 3.8) is 0 Å². The molecule has 0 amide bonds. The molecule has 0 unspecified atom stereocenters. The number of benzene rings is 1. The van der Waals surface area contributed by atoms with Crippen LogP contribution in [0.25, 0.3) is 0 Å². The van der Waals surface area contributed by atoms with Crippen molar-refractivity contribution in [1.29, 1.82) is 0 Å². The van der Waals surface area contributed by atoms with Crippen molar-refractivity contribution >= 4 is 11.4 Å². The molecule has 0 radical (unpaired) electrons. The Morgan fingerprint density at radius 1 is 1.41 bits per heavy atom. The molecule has 1 aliphatic rings. The summed E-state index contributed by atoms with van der Waals surface area (Å²) in [7, 11) is 0. The summed E-state index contributed by atoms with van der Waals surface area (Å²) in [5.41, 5.74) is -2.16. The van der Waals surface area contributed by atoms with Gasteiger partial charge in [-0.3, -0.25) is 10.1 Å². The van der Waals surface area contributed by atoms with E-state index >= 15 is 0 Å². The number of nitrogens with one attached hydrogen (secondary N) is 1. The van der Waals surface area contributed by atoms with Gasteiger partial charge in [0.2, 0.25) is 0 Å². The first-order chi connectivity index (χ1) is 7.89. The molecule has 1 aromatic rings. The maximum absolute atomic E-state index is 12.6. The van der Waals surface area contributed by atoms with E-state index in [0.717, 1.165) is 6.07 Å². The Balaban J connectivity index is 2.60. The molecule has 1 heterocycles. The minimum Gasteiger partial charge on any atom is -0.489 e. The minimum atomic E-state index is -4.77. The predicted molar refractivity (Wildman–Crippen MR) is 52.1 cm³/mol. The number of fused-ring (bicyclic) bond motifs is 1. The standard InChI is InChI=1S/C9H7F3N2O3/c10-9(11,12)5-3-6-8(17-2-1-13-6)4-7(5)14(15)16/h3-4,13H,1-2H2. The number of alkyl halides is 3. The van der Waals surface area contributed by atoms with Gasteiger partial charge in [-0.1, -0.05) is 0 Å². The number of nitro benzene ring substituents is 1. The maximum Gasteiger partial charge on any atom is 0.423 e. The number of nitrogens with zero attached hydrogens (tertiary/aromatic N) is 1. The SMILES string of the molecule is O=[N+]([O-])c1cc2c(cc1C(F)(F)F)NCCO2. The maximum atomic E-state index is 12.6. The average molecular weight is 248 g/mol. The molecule has 1 aliphatic heterocycles. The third-order valence-electron chi connectivity index (χ3n) is 2.28. The summed E-state index contributed by atoms with van der Waals surface area (Å²) >= 11 is 0. The van der Waals surface area contributed by atoms with Gasteiger partial charge in [-0.2, -0.15) is 13.2 Å². The van der Waals surface area contributed by atoms with Crippen LogP contribution < -0.4 is 10.1 Å². The van der Waals surface area contributed by atoms with Crippen LogP contribution in [0.4, 0.5) is 24.5 Å². The Labute approximate surface area is 93.3 Å². The summed E-state index contributed by atoms with van der Waals surface area (Å²) in [5, 5.41) is 13.3. The van der Waals surface area contributed by atoms with E-state index in [-0.39, 0.29) is 18.0 Å². The van der Waals surface area contributed by atoms with E-state index in [0.29, 0.717) is 12.6 Å². The van der Waals surface area contributed by atoms with Crippen LogP contribution in [-0.2, 0) is 6.18 Å². The minimum absolute atomic E-state index is 0.0657. The van der Waals surface area contributed by atoms with Gasteiger partial charge in [0.05, 0.1) is 16.7 Å². The number of rotatable bonds is 1. The second-order valence-corrected chi connectivity index (χ2v) is 3.40. The number of hydrogen-bond acceptors (Lipinski definition) is 4. The molecule has 8 heteroatoms. The van der Waals surface area contributed by atoms with Crippen LogP contribution >= 0.6 is 0 Å². The normalized spacial score (nSPS) is 14.5. The monoisotopic (exact) mass is 248 g/mol. The molecule has 0 spiro atoms. The molecule has 17 heavy (non-hydrogen) atoms. The van der Waals surface area contributed by atoms with Crippen LogP contribution in [0.2, 0.25) is 0 Å². The van der Waals surface area contributed by atoms with Crippen LogP contribution in [0.3, 0.4) is 0 Å². The van der Waals surface area contributed by atoms with E-state index in [1.54, 1.807) is 0 Å². The fourth-order valence-corrected chi connectivity index (χ4v) is 1.55. The van der Waals surface area contributed by atoms with Gasteiger partial charge in [0.1, 0.15) is 17.9 Å². The van der Waals surface area contributed by atoms with Crippen LogP contribution in [0.5, 0.6) is 5.75 Å². The highest BCUT2D eigenvalue weighted by Gasteiger charge is 2.39. The summed E-state index contributed by atoms with van der Waals surface area (Å²) in [4.78, 5) is 9.52. The summed E-state index contributed by atoms with van der Waals surface area (Å²) in [6.07, 6.45) is -4.77. The zero-order valence-electron chi connectivity index (χ0n) is 8.37. The molecule has 2 rings (SSSR count). The molecule has 92 valence electrons. The lowest BCUT2D eigenvalue weighted by atomic mass is 10.1. The average Bonchev–Trinajstić information content (AvgIpc) is 2.26. The Bertz CT molecular complexity index is 473. The van der Waals surface area contributed by atoms with Crippen molar-refractivity contribution in [2.24, 2.45) is 0 Å². The molecule has 0 saturated carbocycles. The van der Waals surface area contributed by atoms with Gasteiger partial charge in [-0.05, 0) is 6.07 Å². The van der Waals surface area contributed by atoms with Crippen LogP contribution in [0.1, 0.15) is 5.56 Å². The lowest BCUT2D eigenvalue weighted by Crippen LogP contribution is -2.19. The molecule has 0 aliphatic carbocycles. The fourth-order valence-electron chi connectivity index (χ4n) is 1.55. The van der Waals surface area contributed by atoms with E-state index < -0.39 is 22.4 Å². The second kappa shape index (κ2) is 3.79. The Kier molecular flexibility index (Phi) is 2.56. The number of ether oxygens (including phenoxy) is 1. The van der Waals surface area contributed by atoms with Crippen molar-refractivity contribution in [3.8, 4) is 5.75 Å². The van der Waals surface area contributed by atoms with Gasteiger partial charge in [0.15, 0.2) is 0 Å². The first-order valence-corrected chi connectivity index (χ1v) is 4.66. The topological polar surface area (TPSA) is 64.4 Å². The summed E-state index contributed by atoms with van der Waals surface area (Å²) in [6.45, 7) is 0.623. The molecule has 0 fully saturated rings. The van der Waals surface area contributed by atoms with Crippen molar-refractivity contribution in [3.05, 3.63) is 27.8 Å². The van der Waals surface area contributed by atoms with Crippen molar-refractivity contribution < 1.29 is 22.8 Å².